The summed E-state index contributed by atoms with van der Waals surface area (Å²) in [5.41, 5.74) is 5.06. The van der Waals surface area contributed by atoms with E-state index >= 15 is 0 Å². The number of amides is 2. The number of nitrogens with one attached hydrogen (secondary N) is 2. The molecule has 2 atom stereocenters. The Hall–Kier alpha value is -1.18. The largest absolute Gasteiger partial charge is 0.383 e. The minimum atomic E-state index is -0.757. The first kappa shape index (κ1) is 14.9. The van der Waals surface area contributed by atoms with E-state index in [2.05, 4.69) is 10.6 Å². The topological polar surface area (TPSA) is 103 Å². The van der Waals surface area contributed by atoms with Gasteiger partial charge in [-0.15, -0.1) is 0 Å². The van der Waals surface area contributed by atoms with E-state index in [4.69, 9.17) is 15.2 Å². The second kappa shape index (κ2) is 6.67. The van der Waals surface area contributed by atoms with Crippen LogP contribution in [0.5, 0.6) is 0 Å². The fourth-order valence-corrected chi connectivity index (χ4v) is 1.64. The summed E-state index contributed by atoms with van der Waals surface area (Å²) in [5.74, 6) is -0.508. The summed E-state index contributed by atoms with van der Waals surface area (Å²) >= 11 is 0. The molecule has 0 aromatic rings. The molecule has 18 heavy (non-hydrogen) atoms. The van der Waals surface area contributed by atoms with Gasteiger partial charge in [0, 0.05) is 19.7 Å². The average molecular weight is 259 g/mol. The maximum Gasteiger partial charge on any atom is 0.239 e. The van der Waals surface area contributed by atoms with E-state index in [-0.39, 0.29) is 31.0 Å². The van der Waals surface area contributed by atoms with Crippen LogP contribution < -0.4 is 16.4 Å². The van der Waals surface area contributed by atoms with Gasteiger partial charge in [0.15, 0.2) is 0 Å². The van der Waals surface area contributed by atoms with Crippen molar-refractivity contribution >= 4 is 11.8 Å². The van der Waals surface area contributed by atoms with Gasteiger partial charge in [0.2, 0.25) is 11.8 Å². The zero-order valence-corrected chi connectivity index (χ0v) is 10.8. The van der Waals surface area contributed by atoms with Crippen molar-refractivity contribution in [1.29, 1.82) is 0 Å². The zero-order valence-electron chi connectivity index (χ0n) is 10.8. The maximum absolute atomic E-state index is 11.9. The lowest BCUT2D eigenvalue weighted by Crippen LogP contribution is -2.51. The molecule has 4 N–H and O–H groups in total. The summed E-state index contributed by atoms with van der Waals surface area (Å²) in [6.07, 6.45) is 0. The molecule has 1 aliphatic rings. The lowest BCUT2D eigenvalue weighted by atomic mass is 9.85. The van der Waals surface area contributed by atoms with Crippen molar-refractivity contribution < 1.29 is 19.1 Å². The molecule has 1 rings (SSSR count). The van der Waals surface area contributed by atoms with E-state index in [0.717, 1.165) is 0 Å². The predicted molar refractivity (Wildman–Crippen MR) is 64.8 cm³/mol. The standard InChI is InChI=1S/C11H21N3O4/c1-11(7-18-6-8(11)12)10(16)14-5-9(15)13-3-4-17-2/h8H,3-7,12H2,1-2H3,(H,13,15)(H,14,16). The first-order chi connectivity index (χ1) is 8.50. The van der Waals surface area contributed by atoms with Crippen LogP contribution in [-0.2, 0) is 19.1 Å². The molecule has 0 aromatic heterocycles. The Morgan fingerprint density at radius 2 is 2.22 bits per heavy atom. The molecule has 0 saturated carbocycles. The lowest BCUT2D eigenvalue weighted by Gasteiger charge is -2.25. The second-order valence-corrected chi connectivity index (χ2v) is 4.56. The minimum Gasteiger partial charge on any atom is -0.383 e. The number of rotatable bonds is 6. The quantitative estimate of drug-likeness (QED) is 0.490. The molecule has 2 unspecified atom stereocenters. The maximum atomic E-state index is 11.9. The van der Waals surface area contributed by atoms with Crippen LogP contribution in [0, 0.1) is 5.41 Å². The zero-order chi connectivity index (χ0) is 13.6. The fraction of sp³-hybridized carbons (Fsp3) is 0.818. The van der Waals surface area contributed by atoms with E-state index < -0.39 is 5.41 Å². The number of nitrogens with two attached hydrogens (primary N) is 1. The summed E-state index contributed by atoms with van der Waals surface area (Å²) in [4.78, 5) is 23.3. The van der Waals surface area contributed by atoms with Gasteiger partial charge in [-0.25, -0.2) is 0 Å². The molecule has 0 radical (unpaired) electrons. The van der Waals surface area contributed by atoms with E-state index in [1.807, 2.05) is 0 Å². The number of carbonyl (C=O) groups is 2. The van der Waals surface area contributed by atoms with Crippen molar-refractivity contribution in [2.45, 2.75) is 13.0 Å². The predicted octanol–water partition coefficient (Wildman–Crippen LogP) is -1.77. The third kappa shape index (κ3) is 3.66. The minimum absolute atomic E-state index is 0.0646. The Morgan fingerprint density at radius 1 is 1.50 bits per heavy atom. The van der Waals surface area contributed by atoms with Crippen molar-refractivity contribution in [2.75, 3.05) is 40.0 Å². The molecule has 2 amide bonds. The van der Waals surface area contributed by atoms with Gasteiger partial charge in [0.25, 0.3) is 0 Å². The van der Waals surface area contributed by atoms with Gasteiger partial charge in [0.05, 0.1) is 31.8 Å². The number of ether oxygens (including phenoxy) is 2. The molecule has 1 fully saturated rings. The average Bonchev–Trinajstić information content (AvgIpc) is 2.68. The van der Waals surface area contributed by atoms with Crippen LogP contribution in [0.25, 0.3) is 0 Å². The van der Waals surface area contributed by atoms with Gasteiger partial charge in [-0.3, -0.25) is 9.59 Å². The molecule has 1 aliphatic heterocycles. The Labute approximate surface area is 106 Å². The van der Waals surface area contributed by atoms with E-state index in [9.17, 15) is 9.59 Å². The van der Waals surface area contributed by atoms with Gasteiger partial charge in [-0.1, -0.05) is 0 Å². The van der Waals surface area contributed by atoms with E-state index in [1.54, 1.807) is 14.0 Å². The highest BCUT2D eigenvalue weighted by atomic mass is 16.5. The normalized spacial score (nSPS) is 26.9. The SMILES string of the molecule is COCCNC(=O)CNC(=O)C1(C)COCC1N. The van der Waals surface area contributed by atoms with Crippen LogP contribution in [-0.4, -0.2) is 57.9 Å². The monoisotopic (exact) mass is 259 g/mol. The Kier molecular flexibility index (Phi) is 5.52. The molecule has 0 bridgehead atoms. The van der Waals surface area contributed by atoms with Crippen molar-refractivity contribution in [3.05, 3.63) is 0 Å². The van der Waals surface area contributed by atoms with Gasteiger partial charge in [-0.05, 0) is 6.92 Å². The molecule has 1 heterocycles. The highest BCUT2D eigenvalue weighted by Crippen LogP contribution is 2.26. The first-order valence-corrected chi connectivity index (χ1v) is 5.88. The Bertz CT molecular complexity index is 311. The molecule has 7 nitrogen and oxygen atoms in total. The summed E-state index contributed by atoms with van der Waals surface area (Å²) in [6.45, 7) is 3.18. The van der Waals surface area contributed by atoms with Crippen molar-refractivity contribution in [3.8, 4) is 0 Å². The van der Waals surface area contributed by atoms with Crippen LogP contribution in [0.2, 0.25) is 0 Å². The summed E-state index contributed by atoms with van der Waals surface area (Å²) in [7, 11) is 1.55. The summed E-state index contributed by atoms with van der Waals surface area (Å²) in [6, 6.07) is -0.339. The molecule has 1 saturated heterocycles. The summed E-state index contributed by atoms with van der Waals surface area (Å²) in [5, 5.41) is 5.18. The van der Waals surface area contributed by atoms with Gasteiger partial charge in [0.1, 0.15) is 0 Å². The van der Waals surface area contributed by atoms with Crippen LogP contribution >= 0.6 is 0 Å². The van der Waals surface area contributed by atoms with Crippen molar-refractivity contribution in [1.82, 2.24) is 10.6 Å². The molecule has 7 heteroatoms. The number of hydrogen-bond acceptors (Lipinski definition) is 5. The highest BCUT2D eigenvalue weighted by Gasteiger charge is 2.44. The third-order valence-electron chi connectivity index (χ3n) is 3.07. The molecular weight excluding hydrogens is 238 g/mol. The van der Waals surface area contributed by atoms with Gasteiger partial charge < -0.3 is 25.8 Å². The van der Waals surface area contributed by atoms with Gasteiger partial charge in [-0.2, -0.15) is 0 Å². The van der Waals surface area contributed by atoms with Crippen molar-refractivity contribution in [2.24, 2.45) is 11.1 Å². The van der Waals surface area contributed by atoms with Crippen LogP contribution in [0.4, 0.5) is 0 Å². The van der Waals surface area contributed by atoms with Gasteiger partial charge >= 0.3 is 0 Å². The lowest BCUT2D eigenvalue weighted by molar-refractivity contribution is -0.133. The Morgan fingerprint density at radius 3 is 2.78 bits per heavy atom. The third-order valence-corrected chi connectivity index (χ3v) is 3.07. The first-order valence-electron chi connectivity index (χ1n) is 5.88. The molecular formula is C11H21N3O4. The van der Waals surface area contributed by atoms with Crippen LogP contribution in [0.3, 0.4) is 0 Å². The van der Waals surface area contributed by atoms with Crippen LogP contribution in [0.15, 0.2) is 0 Å². The van der Waals surface area contributed by atoms with E-state index in [0.29, 0.717) is 19.8 Å². The number of carbonyl (C=O) groups excluding carboxylic acids is 2. The molecule has 104 valence electrons. The number of hydrogen-bond donors (Lipinski definition) is 3. The number of methoxy groups -OCH3 is 1. The molecule has 0 spiro atoms. The second-order valence-electron chi connectivity index (χ2n) is 4.56. The summed E-state index contributed by atoms with van der Waals surface area (Å²) < 4.78 is 9.97. The van der Waals surface area contributed by atoms with Crippen molar-refractivity contribution in [3.63, 3.8) is 0 Å². The molecule has 0 aromatic carbocycles. The van der Waals surface area contributed by atoms with E-state index in [1.165, 1.54) is 0 Å². The van der Waals surface area contributed by atoms with Crippen LogP contribution in [0.1, 0.15) is 6.92 Å². The molecule has 0 aliphatic carbocycles. The highest BCUT2D eigenvalue weighted by molar-refractivity contribution is 5.88. The Balaban J connectivity index is 2.30. The smallest absolute Gasteiger partial charge is 0.239 e. The fourth-order valence-electron chi connectivity index (χ4n) is 1.64.